The summed E-state index contributed by atoms with van der Waals surface area (Å²) in [5, 5.41) is 38.7. The molecule has 2 unspecified atom stereocenters. The minimum absolute atomic E-state index is 0.0939. The van der Waals surface area contributed by atoms with Crippen LogP contribution in [0.5, 0.6) is 0 Å². The van der Waals surface area contributed by atoms with Crippen molar-refractivity contribution in [2.75, 3.05) is 33.5 Å². The van der Waals surface area contributed by atoms with Crippen LogP contribution >= 0.6 is 0 Å². The third kappa shape index (κ3) is 9.45. The van der Waals surface area contributed by atoms with Gasteiger partial charge in [0.1, 0.15) is 30.5 Å². The summed E-state index contributed by atoms with van der Waals surface area (Å²) in [5.41, 5.74) is 0. The number of rotatable bonds is 16. The number of aliphatic hydroxyl groups excluding tert-OH is 4. The fourth-order valence-corrected chi connectivity index (χ4v) is 3.14. The highest BCUT2D eigenvalue weighted by Gasteiger charge is 2.44. The van der Waals surface area contributed by atoms with Crippen LogP contribution in [-0.2, 0) is 18.9 Å². The monoisotopic (exact) mass is 408 g/mol. The molecule has 1 saturated heterocycles. The van der Waals surface area contributed by atoms with E-state index in [4.69, 9.17) is 18.9 Å². The summed E-state index contributed by atoms with van der Waals surface area (Å²) >= 11 is 0. The summed E-state index contributed by atoms with van der Waals surface area (Å²) in [4.78, 5) is 0. The van der Waals surface area contributed by atoms with Crippen molar-refractivity contribution in [2.24, 2.45) is 0 Å². The Kier molecular flexibility index (Phi) is 14.2. The molecule has 0 saturated carbocycles. The van der Waals surface area contributed by atoms with E-state index in [9.17, 15) is 20.4 Å². The van der Waals surface area contributed by atoms with Crippen LogP contribution < -0.4 is 0 Å². The van der Waals surface area contributed by atoms with Crippen LogP contribution in [0.25, 0.3) is 0 Å². The number of aliphatic hydroxyl groups is 4. The predicted molar refractivity (Wildman–Crippen MR) is 104 cm³/mol. The first-order valence-corrected chi connectivity index (χ1v) is 10.6. The molecule has 1 heterocycles. The topological polar surface area (TPSA) is 118 Å². The molecule has 0 aromatic carbocycles. The summed E-state index contributed by atoms with van der Waals surface area (Å²) < 4.78 is 21.7. The van der Waals surface area contributed by atoms with Crippen LogP contribution in [-0.4, -0.2) is 90.8 Å². The SMILES string of the molecule is CCCCCCCCCCOCC(COC1O[C@H](CO)[C@@H](O)[C@H](O)[C@H]1O)OC. The molecule has 0 amide bonds. The summed E-state index contributed by atoms with van der Waals surface area (Å²) in [6, 6.07) is 0. The first-order valence-electron chi connectivity index (χ1n) is 10.6. The average molecular weight is 409 g/mol. The Morgan fingerprint density at radius 2 is 1.50 bits per heavy atom. The van der Waals surface area contributed by atoms with Crippen molar-refractivity contribution < 1.29 is 39.4 Å². The molecule has 6 atom stereocenters. The molecule has 1 aliphatic heterocycles. The number of unbranched alkanes of at least 4 members (excludes halogenated alkanes) is 7. The Morgan fingerprint density at radius 3 is 2.11 bits per heavy atom. The summed E-state index contributed by atoms with van der Waals surface area (Å²) in [6.45, 7) is 2.84. The molecule has 168 valence electrons. The van der Waals surface area contributed by atoms with Crippen molar-refractivity contribution in [3.05, 3.63) is 0 Å². The highest BCUT2D eigenvalue weighted by Crippen LogP contribution is 2.22. The van der Waals surface area contributed by atoms with E-state index >= 15 is 0 Å². The standard InChI is InChI=1S/C20H40O8/c1-3-4-5-6-7-8-9-10-11-26-13-15(25-2)14-27-20-19(24)18(23)17(22)16(12-21)28-20/h15-24H,3-14H2,1-2H3/t15?,16-,17-,18+,19-,20?/m1/s1. The van der Waals surface area contributed by atoms with Gasteiger partial charge >= 0.3 is 0 Å². The second-order valence-corrected chi connectivity index (χ2v) is 7.44. The molecule has 8 heteroatoms. The van der Waals surface area contributed by atoms with Gasteiger partial charge in [-0.1, -0.05) is 51.9 Å². The van der Waals surface area contributed by atoms with Crippen molar-refractivity contribution in [1.82, 2.24) is 0 Å². The largest absolute Gasteiger partial charge is 0.394 e. The maximum atomic E-state index is 9.96. The third-order valence-corrected chi connectivity index (χ3v) is 5.07. The maximum Gasteiger partial charge on any atom is 0.186 e. The molecule has 1 rings (SSSR count). The minimum atomic E-state index is -1.45. The van der Waals surface area contributed by atoms with Gasteiger partial charge in [-0.25, -0.2) is 0 Å². The fraction of sp³-hybridized carbons (Fsp3) is 1.00. The van der Waals surface area contributed by atoms with E-state index in [1.165, 1.54) is 38.5 Å². The van der Waals surface area contributed by atoms with E-state index in [1.807, 2.05) is 0 Å². The van der Waals surface area contributed by atoms with E-state index in [-0.39, 0.29) is 12.7 Å². The van der Waals surface area contributed by atoms with Gasteiger partial charge in [0, 0.05) is 13.7 Å². The van der Waals surface area contributed by atoms with Crippen LogP contribution in [0.4, 0.5) is 0 Å². The van der Waals surface area contributed by atoms with Gasteiger partial charge in [-0.05, 0) is 6.42 Å². The van der Waals surface area contributed by atoms with E-state index in [2.05, 4.69) is 6.92 Å². The lowest BCUT2D eigenvalue weighted by atomic mass is 9.99. The van der Waals surface area contributed by atoms with Gasteiger partial charge in [0.15, 0.2) is 6.29 Å². The highest BCUT2D eigenvalue weighted by molar-refractivity contribution is 4.88. The zero-order chi connectivity index (χ0) is 20.8. The lowest BCUT2D eigenvalue weighted by Gasteiger charge is -2.39. The van der Waals surface area contributed by atoms with Crippen LogP contribution in [0.1, 0.15) is 58.3 Å². The van der Waals surface area contributed by atoms with Crippen molar-refractivity contribution in [3.8, 4) is 0 Å². The van der Waals surface area contributed by atoms with Crippen LogP contribution in [0, 0.1) is 0 Å². The number of ether oxygens (including phenoxy) is 4. The zero-order valence-electron chi connectivity index (χ0n) is 17.4. The quantitative estimate of drug-likeness (QED) is 0.279. The zero-order valence-corrected chi connectivity index (χ0v) is 17.4. The molecular weight excluding hydrogens is 368 g/mol. The maximum absolute atomic E-state index is 9.96. The van der Waals surface area contributed by atoms with Crippen LogP contribution in [0.15, 0.2) is 0 Å². The van der Waals surface area contributed by atoms with Crippen molar-refractivity contribution >= 4 is 0 Å². The molecule has 0 aliphatic carbocycles. The lowest BCUT2D eigenvalue weighted by molar-refractivity contribution is -0.305. The number of hydrogen-bond donors (Lipinski definition) is 4. The Labute approximate surface area is 168 Å². The second kappa shape index (κ2) is 15.5. The highest BCUT2D eigenvalue weighted by atomic mass is 16.7. The Bertz CT molecular complexity index is 368. The number of hydrogen-bond acceptors (Lipinski definition) is 8. The molecule has 0 bridgehead atoms. The molecule has 4 N–H and O–H groups in total. The van der Waals surface area contributed by atoms with Crippen LogP contribution in [0.2, 0.25) is 0 Å². The minimum Gasteiger partial charge on any atom is -0.394 e. The van der Waals surface area contributed by atoms with E-state index < -0.39 is 37.3 Å². The molecule has 1 aliphatic rings. The third-order valence-electron chi connectivity index (χ3n) is 5.07. The van der Waals surface area contributed by atoms with Gasteiger partial charge in [0.2, 0.25) is 0 Å². The van der Waals surface area contributed by atoms with Gasteiger partial charge < -0.3 is 39.4 Å². The normalized spacial score (nSPS) is 29.1. The Hall–Kier alpha value is -0.320. The van der Waals surface area contributed by atoms with Crippen molar-refractivity contribution in [2.45, 2.75) is 95.1 Å². The summed E-state index contributed by atoms with van der Waals surface area (Å²) in [6.07, 6.45) is 3.20. The van der Waals surface area contributed by atoms with E-state index in [0.717, 1.165) is 12.8 Å². The van der Waals surface area contributed by atoms with Crippen molar-refractivity contribution in [3.63, 3.8) is 0 Å². The molecule has 28 heavy (non-hydrogen) atoms. The average Bonchev–Trinajstić information content (AvgIpc) is 2.71. The van der Waals surface area contributed by atoms with Gasteiger partial charge in [0.05, 0.1) is 19.8 Å². The number of methoxy groups -OCH3 is 1. The molecular formula is C20H40O8. The van der Waals surface area contributed by atoms with Gasteiger partial charge in [-0.3, -0.25) is 0 Å². The van der Waals surface area contributed by atoms with Gasteiger partial charge in [-0.15, -0.1) is 0 Å². The second-order valence-electron chi connectivity index (χ2n) is 7.44. The lowest BCUT2D eigenvalue weighted by Crippen LogP contribution is -2.59. The van der Waals surface area contributed by atoms with Crippen LogP contribution in [0.3, 0.4) is 0 Å². The first kappa shape index (κ1) is 25.7. The summed E-state index contributed by atoms with van der Waals surface area (Å²) in [5.74, 6) is 0. The molecule has 8 nitrogen and oxygen atoms in total. The summed E-state index contributed by atoms with van der Waals surface area (Å²) in [7, 11) is 1.54. The van der Waals surface area contributed by atoms with E-state index in [1.54, 1.807) is 7.11 Å². The van der Waals surface area contributed by atoms with E-state index in [0.29, 0.717) is 13.2 Å². The fourth-order valence-electron chi connectivity index (χ4n) is 3.14. The molecule has 0 aromatic heterocycles. The Morgan fingerprint density at radius 1 is 0.857 bits per heavy atom. The molecule has 0 aromatic rings. The molecule has 0 radical (unpaired) electrons. The molecule has 0 spiro atoms. The Balaban J connectivity index is 2.14. The molecule has 1 fully saturated rings. The smallest absolute Gasteiger partial charge is 0.186 e. The van der Waals surface area contributed by atoms with Gasteiger partial charge in [0.25, 0.3) is 0 Å². The van der Waals surface area contributed by atoms with Crippen molar-refractivity contribution in [1.29, 1.82) is 0 Å². The predicted octanol–water partition coefficient (Wildman–Crippen LogP) is 0.975. The first-order chi connectivity index (χ1) is 13.5. The van der Waals surface area contributed by atoms with Gasteiger partial charge in [-0.2, -0.15) is 0 Å².